The van der Waals surface area contributed by atoms with E-state index >= 15 is 0 Å². The number of hydrogen-bond acceptors (Lipinski definition) is 3. The van der Waals surface area contributed by atoms with E-state index in [4.69, 9.17) is 0 Å². The van der Waals surface area contributed by atoms with Gasteiger partial charge < -0.3 is 15.2 Å². The second-order valence-corrected chi connectivity index (χ2v) is 5.69. The fourth-order valence-electron chi connectivity index (χ4n) is 2.90. The number of nitrogens with one attached hydrogen (secondary N) is 2. The van der Waals surface area contributed by atoms with E-state index in [-0.39, 0.29) is 5.69 Å². The van der Waals surface area contributed by atoms with E-state index in [1.54, 1.807) is 17.0 Å². The van der Waals surface area contributed by atoms with Crippen molar-refractivity contribution in [3.05, 3.63) is 47.1 Å². The maximum Gasteiger partial charge on any atom is 0.330 e. The molecule has 0 radical (unpaired) electrons. The average Bonchev–Trinajstić information content (AvgIpc) is 2.93. The monoisotopic (exact) mass is 286 g/mol. The van der Waals surface area contributed by atoms with Crippen LogP contribution in [0.1, 0.15) is 19.3 Å². The highest BCUT2D eigenvalue weighted by atomic mass is 16.1. The van der Waals surface area contributed by atoms with Crippen molar-refractivity contribution in [1.29, 1.82) is 0 Å². The van der Waals surface area contributed by atoms with Gasteiger partial charge in [0.2, 0.25) is 0 Å². The maximum atomic E-state index is 11.6. The molecule has 3 rings (SSSR count). The number of likely N-dealkylation sites (tertiary alicyclic amines) is 1. The third-order valence-electron chi connectivity index (χ3n) is 4.26. The van der Waals surface area contributed by atoms with Crippen LogP contribution < -0.4 is 11.0 Å². The van der Waals surface area contributed by atoms with Gasteiger partial charge in [-0.15, -0.1) is 0 Å². The predicted molar refractivity (Wildman–Crippen MR) is 85.1 cm³/mol. The second-order valence-electron chi connectivity index (χ2n) is 5.69. The number of aromatic nitrogens is 2. The highest BCUT2D eigenvalue weighted by molar-refractivity contribution is 5.48. The zero-order chi connectivity index (χ0) is 14.7. The molecule has 0 aliphatic carbocycles. The van der Waals surface area contributed by atoms with Gasteiger partial charge in [0.15, 0.2) is 0 Å². The third-order valence-corrected chi connectivity index (χ3v) is 4.26. The van der Waals surface area contributed by atoms with Crippen LogP contribution in [0.15, 0.2) is 41.5 Å². The van der Waals surface area contributed by atoms with E-state index < -0.39 is 0 Å². The quantitative estimate of drug-likeness (QED) is 0.904. The molecule has 0 spiro atoms. The molecule has 1 unspecified atom stereocenters. The standard InChI is InChI=1S/C16H22N4O/c1-19-10-3-2-4-15(19)12-18-13-5-7-14(8-6-13)20-11-9-17-16(20)21/h5-9,11,15,18H,2-4,10,12H2,1H3,(H,17,21). The molecule has 112 valence electrons. The van der Waals surface area contributed by atoms with Crippen molar-refractivity contribution in [3.63, 3.8) is 0 Å². The van der Waals surface area contributed by atoms with Crippen LogP contribution in [-0.4, -0.2) is 40.6 Å². The number of hydrogen-bond donors (Lipinski definition) is 2. The van der Waals surface area contributed by atoms with Gasteiger partial charge in [0, 0.05) is 30.7 Å². The van der Waals surface area contributed by atoms with Gasteiger partial charge in [0.05, 0.1) is 5.69 Å². The minimum Gasteiger partial charge on any atom is -0.383 e. The molecule has 0 bridgehead atoms. The first kappa shape index (κ1) is 13.9. The van der Waals surface area contributed by atoms with Crippen molar-refractivity contribution in [2.45, 2.75) is 25.3 Å². The van der Waals surface area contributed by atoms with Crippen LogP contribution in [0, 0.1) is 0 Å². The lowest BCUT2D eigenvalue weighted by atomic mass is 10.0. The van der Waals surface area contributed by atoms with Crippen molar-refractivity contribution < 1.29 is 0 Å². The van der Waals surface area contributed by atoms with Crippen LogP contribution in [0.25, 0.3) is 5.69 Å². The summed E-state index contributed by atoms with van der Waals surface area (Å²) in [6, 6.07) is 8.59. The van der Waals surface area contributed by atoms with Crippen LogP contribution in [0.2, 0.25) is 0 Å². The van der Waals surface area contributed by atoms with E-state index in [9.17, 15) is 4.79 Å². The first-order valence-electron chi connectivity index (χ1n) is 7.54. The van der Waals surface area contributed by atoms with Crippen LogP contribution in [0.4, 0.5) is 5.69 Å². The summed E-state index contributed by atoms with van der Waals surface area (Å²) >= 11 is 0. The number of piperidine rings is 1. The number of benzene rings is 1. The van der Waals surface area contributed by atoms with Crippen LogP contribution in [0.5, 0.6) is 0 Å². The topological polar surface area (TPSA) is 53.1 Å². The van der Waals surface area contributed by atoms with E-state index in [2.05, 4.69) is 22.2 Å². The van der Waals surface area contributed by atoms with Gasteiger partial charge in [-0.1, -0.05) is 6.42 Å². The number of rotatable bonds is 4. The number of aromatic amines is 1. The molecule has 1 fully saturated rings. The van der Waals surface area contributed by atoms with Crippen LogP contribution in [-0.2, 0) is 0 Å². The molecule has 0 saturated carbocycles. The number of imidazole rings is 1. The second kappa shape index (κ2) is 6.18. The Balaban J connectivity index is 1.62. The maximum absolute atomic E-state index is 11.6. The van der Waals surface area contributed by atoms with E-state index in [1.165, 1.54) is 25.8 Å². The van der Waals surface area contributed by atoms with Crippen molar-refractivity contribution in [2.24, 2.45) is 0 Å². The number of nitrogens with zero attached hydrogens (tertiary/aromatic N) is 2. The predicted octanol–water partition coefficient (Wildman–Crippen LogP) is 2.06. The van der Waals surface area contributed by atoms with Gasteiger partial charge in [-0.3, -0.25) is 4.57 Å². The molecule has 0 amide bonds. The normalized spacial score (nSPS) is 19.6. The highest BCUT2D eigenvalue weighted by Crippen LogP contribution is 2.17. The smallest absolute Gasteiger partial charge is 0.330 e. The molecule has 5 heteroatoms. The van der Waals surface area contributed by atoms with Gasteiger partial charge >= 0.3 is 5.69 Å². The Bertz CT molecular complexity index is 628. The molecule has 2 aromatic rings. The zero-order valence-corrected chi connectivity index (χ0v) is 12.4. The Morgan fingerprint density at radius 2 is 2.10 bits per heavy atom. The Hall–Kier alpha value is -2.01. The minimum absolute atomic E-state index is 0.112. The highest BCUT2D eigenvalue weighted by Gasteiger charge is 2.18. The van der Waals surface area contributed by atoms with Gasteiger partial charge in [0.1, 0.15) is 0 Å². The van der Waals surface area contributed by atoms with Crippen molar-refractivity contribution in [1.82, 2.24) is 14.5 Å². The minimum atomic E-state index is -0.112. The summed E-state index contributed by atoms with van der Waals surface area (Å²) in [5.74, 6) is 0. The molecule has 1 saturated heterocycles. The number of likely N-dealkylation sites (N-methyl/N-ethyl adjacent to an activating group) is 1. The Kier molecular flexibility index (Phi) is 4.10. The van der Waals surface area contributed by atoms with Crippen molar-refractivity contribution in [3.8, 4) is 5.69 Å². The van der Waals surface area contributed by atoms with Crippen molar-refractivity contribution in [2.75, 3.05) is 25.5 Å². The zero-order valence-electron chi connectivity index (χ0n) is 12.4. The molecule has 5 nitrogen and oxygen atoms in total. The summed E-state index contributed by atoms with van der Waals surface area (Å²) in [6.45, 7) is 2.17. The molecule has 1 aliphatic heterocycles. The summed E-state index contributed by atoms with van der Waals surface area (Å²) in [7, 11) is 2.20. The Labute approximate surface area is 124 Å². The largest absolute Gasteiger partial charge is 0.383 e. The lowest BCUT2D eigenvalue weighted by Crippen LogP contribution is -2.40. The first-order chi connectivity index (χ1) is 10.2. The lowest BCUT2D eigenvalue weighted by Gasteiger charge is -2.32. The summed E-state index contributed by atoms with van der Waals surface area (Å²) in [4.78, 5) is 16.6. The van der Waals surface area contributed by atoms with Gasteiger partial charge in [-0.2, -0.15) is 0 Å². The summed E-state index contributed by atoms with van der Waals surface area (Å²) in [5.41, 5.74) is 1.86. The molecule has 1 aromatic heterocycles. The number of anilines is 1. The van der Waals surface area contributed by atoms with E-state index in [0.717, 1.165) is 17.9 Å². The molecular formula is C16H22N4O. The Morgan fingerprint density at radius 1 is 1.29 bits per heavy atom. The summed E-state index contributed by atoms with van der Waals surface area (Å²) < 4.78 is 1.60. The molecule has 2 N–H and O–H groups in total. The molecule has 1 aromatic carbocycles. The Morgan fingerprint density at radius 3 is 2.76 bits per heavy atom. The fourth-order valence-corrected chi connectivity index (χ4v) is 2.90. The molecule has 21 heavy (non-hydrogen) atoms. The van der Waals surface area contributed by atoms with Gasteiger partial charge in [0.25, 0.3) is 0 Å². The molecule has 1 atom stereocenters. The average molecular weight is 286 g/mol. The number of H-pyrrole nitrogens is 1. The molecular weight excluding hydrogens is 264 g/mol. The van der Waals surface area contributed by atoms with E-state index in [1.807, 2.05) is 24.3 Å². The molecule has 2 heterocycles. The SMILES string of the molecule is CN1CCCCC1CNc1ccc(-n2cc[nH]c2=O)cc1. The van der Waals surface area contributed by atoms with Crippen molar-refractivity contribution >= 4 is 5.69 Å². The summed E-state index contributed by atoms with van der Waals surface area (Å²) in [6.07, 6.45) is 7.29. The molecule has 1 aliphatic rings. The third kappa shape index (κ3) is 3.19. The van der Waals surface area contributed by atoms with Crippen LogP contribution in [0.3, 0.4) is 0 Å². The lowest BCUT2D eigenvalue weighted by molar-refractivity contribution is 0.194. The van der Waals surface area contributed by atoms with Gasteiger partial charge in [-0.25, -0.2) is 4.79 Å². The summed E-state index contributed by atoms with van der Waals surface area (Å²) in [5, 5.41) is 3.50. The first-order valence-corrected chi connectivity index (χ1v) is 7.54. The van der Waals surface area contributed by atoms with E-state index in [0.29, 0.717) is 6.04 Å². The fraction of sp³-hybridized carbons (Fsp3) is 0.438. The van der Waals surface area contributed by atoms with Gasteiger partial charge in [-0.05, 0) is 50.7 Å². The van der Waals surface area contributed by atoms with Crippen LogP contribution >= 0.6 is 0 Å².